The van der Waals surface area contributed by atoms with Gasteiger partial charge in [-0.15, -0.1) is 0 Å². The topological polar surface area (TPSA) is 29.9 Å². The van der Waals surface area contributed by atoms with Crippen LogP contribution in [0.1, 0.15) is 31.7 Å². The minimum Gasteiger partial charge on any atom is -0.309 e. The van der Waals surface area contributed by atoms with E-state index in [0.717, 1.165) is 23.3 Å². The smallest absolute Gasteiger partial charge is 0.0739 e. The van der Waals surface area contributed by atoms with E-state index in [2.05, 4.69) is 51.1 Å². The molecule has 0 amide bonds. The third kappa shape index (κ3) is 4.30. The van der Waals surface area contributed by atoms with Gasteiger partial charge in [0.05, 0.1) is 15.9 Å². The van der Waals surface area contributed by atoms with Gasteiger partial charge in [-0.05, 0) is 55.1 Å². The molecule has 1 atom stereocenters. The minimum absolute atomic E-state index is 0.551. The molecule has 1 rings (SSSR count). The second kappa shape index (κ2) is 7.44. The summed E-state index contributed by atoms with van der Waals surface area (Å²) in [6.45, 7) is 8.20. The van der Waals surface area contributed by atoms with Crippen LogP contribution in [0.25, 0.3) is 0 Å². The molecule has 17 heavy (non-hydrogen) atoms. The van der Waals surface area contributed by atoms with Gasteiger partial charge in [-0.25, -0.2) is 0 Å². The lowest BCUT2D eigenvalue weighted by Gasteiger charge is -2.14. The molecule has 0 aliphatic rings. The van der Waals surface area contributed by atoms with E-state index < -0.39 is 0 Å². The van der Waals surface area contributed by atoms with Crippen LogP contribution in [-0.2, 0) is 13.1 Å². The molecule has 98 valence electrons. The van der Waals surface area contributed by atoms with Crippen molar-refractivity contribution in [1.82, 2.24) is 15.1 Å². The fraction of sp³-hybridized carbons (Fsp3) is 0.750. The van der Waals surface area contributed by atoms with Crippen molar-refractivity contribution in [2.24, 2.45) is 0 Å². The van der Waals surface area contributed by atoms with Gasteiger partial charge in [0.2, 0.25) is 0 Å². The average molecular weight is 320 g/mol. The van der Waals surface area contributed by atoms with Crippen LogP contribution in [0, 0.1) is 6.92 Å². The van der Waals surface area contributed by atoms with Gasteiger partial charge in [-0.2, -0.15) is 16.9 Å². The minimum atomic E-state index is 0.551. The molecule has 0 aliphatic heterocycles. The number of aryl methyl sites for hydroxylation is 2. The molecule has 1 aromatic heterocycles. The first-order valence-electron chi connectivity index (χ1n) is 6.04. The van der Waals surface area contributed by atoms with Crippen molar-refractivity contribution >= 4 is 27.7 Å². The van der Waals surface area contributed by atoms with Crippen molar-refractivity contribution in [1.29, 1.82) is 0 Å². The molecule has 3 nitrogen and oxygen atoms in total. The van der Waals surface area contributed by atoms with Gasteiger partial charge in [0.25, 0.3) is 0 Å². The monoisotopic (exact) mass is 319 g/mol. The largest absolute Gasteiger partial charge is 0.309 e. The average Bonchev–Trinajstić information content (AvgIpc) is 2.60. The van der Waals surface area contributed by atoms with E-state index in [1.807, 2.05) is 18.7 Å². The first kappa shape index (κ1) is 15.1. The molecule has 0 spiro atoms. The fourth-order valence-electron chi connectivity index (χ4n) is 1.71. The van der Waals surface area contributed by atoms with Crippen molar-refractivity contribution in [3.63, 3.8) is 0 Å². The van der Waals surface area contributed by atoms with Crippen LogP contribution < -0.4 is 5.32 Å². The maximum Gasteiger partial charge on any atom is 0.0739 e. The Balaban J connectivity index is 2.56. The van der Waals surface area contributed by atoms with Gasteiger partial charge in [0, 0.05) is 19.1 Å². The first-order chi connectivity index (χ1) is 8.10. The standard InChI is InChI=1S/C12H22BrN3S/c1-5-16-11(12(13)10(3)15-16)8-14-9(2)6-7-17-4/h9,14H,5-8H2,1-4H3. The molecule has 1 aromatic rings. The van der Waals surface area contributed by atoms with E-state index in [1.54, 1.807) is 0 Å². The predicted molar refractivity (Wildman–Crippen MR) is 79.6 cm³/mol. The lowest BCUT2D eigenvalue weighted by atomic mass is 10.2. The quantitative estimate of drug-likeness (QED) is 0.837. The number of rotatable bonds is 7. The summed E-state index contributed by atoms with van der Waals surface area (Å²) in [6, 6.07) is 0.551. The molecule has 0 radical (unpaired) electrons. The van der Waals surface area contributed by atoms with Crippen LogP contribution in [0.4, 0.5) is 0 Å². The van der Waals surface area contributed by atoms with E-state index in [4.69, 9.17) is 0 Å². The Morgan fingerprint density at radius 2 is 2.24 bits per heavy atom. The Bertz CT molecular complexity index is 352. The molecule has 0 saturated heterocycles. The zero-order valence-corrected chi connectivity index (χ0v) is 13.5. The van der Waals surface area contributed by atoms with Crippen LogP contribution in [0.15, 0.2) is 4.47 Å². The molecule has 5 heteroatoms. The molecule has 0 bridgehead atoms. The highest BCUT2D eigenvalue weighted by atomic mass is 79.9. The number of thioether (sulfide) groups is 1. The van der Waals surface area contributed by atoms with Crippen molar-refractivity contribution in [3.8, 4) is 0 Å². The van der Waals surface area contributed by atoms with Crippen LogP contribution in [0.5, 0.6) is 0 Å². The SMILES string of the molecule is CCn1nc(C)c(Br)c1CNC(C)CCSC. The van der Waals surface area contributed by atoms with Gasteiger partial charge >= 0.3 is 0 Å². The van der Waals surface area contributed by atoms with E-state index in [0.29, 0.717) is 6.04 Å². The zero-order valence-electron chi connectivity index (χ0n) is 11.1. The van der Waals surface area contributed by atoms with Crippen molar-refractivity contribution in [2.75, 3.05) is 12.0 Å². The Labute approximate surface area is 117 Å². The van der Waals surface area contributed by atoms with Gasteiger partial charge < -0.3 is 5.32 Å². The molecule has 1 unspecified atom stereocenters. The van der Waals surface area contributed by atoms with Crippen LogP contribution in [-0.4, -0.2) is 27.8 Å². The fourth-order valence-corrected chi connectivity index (χ4v) is 2.72. The van der Waals surface area contributed by atoms with Crippen LogP contribution in [0.3, 0.4) is 0 Å². The molecule has 0 saturated carbocycles. The maximum atomic E-state index is 4.49. The van der Waals surface area contributed by atoms with Gasteiger partial charge in [-0.3, -0.25) is 4.68 Å². The van der Waals surface area contributed by atoms with Gasteiger partial charge in [0.1, 0.15) is 0 Å². The van der Waals surface area contributed by atoms with Crippen LogP contribution >= 0.6 is 27.7 Å². The zero-order chi connectivity index (χ0) is 12.8. The summed E-state index contributed by atoms with van der Waals surface area (Å²) in [5.74, 6) is 1.21. The molecular formula is C12H22BrN3S. The number of aromatic nitrogens is 2. The Morgan fingerprint density at radius 3 is 2.82 bits per heavy atom. The second-order valence-electron chi connectivity index (χ2n) is 4.23. The number of hydrogen-bond acceptors (Lipinski definition) is 3. The molecular weight excluding hydrogens is 298 g/mol. The summed E-state index contributed by atoms with van der Waals surface area (Å²) >= 11 is 5.52. The summed E-state index contributed by atoms with van der Waals surface area (Å²) in [7, 11) is 0. The highest BCUT2D eigenvalue weighted by molar-refractivity contribution is 9.10. The number of nitrogens with one attached hydrogen (secondary N) is 1. The van der Waals surface area contributed by atoms with Crippen molar-refractivity contribution < 1.29 is 0 Å². The molecule has 1 heterocycles. The summed E-state index contributed by atoms with van der Waals surface area (Å²) in [5, 5.41) is 8.05. The normalized spacial score (nSPS) is 13.0. The lowest BCUT2D eigenvalue weighted by Crippen LogP contribution is -2.27. The predicted octanol–water partition coefficient (Wildman–Crippen LogP) is 3.21. The van der Waals surface area contributed by atoms with Crippen LogP contribution in [0.2, 0.25) is 0 Å². The highest BCUT2D eigenvalue weighted by Crippen LogP contribution is 2.21. The molecule has 0 aromatic carbocycles. The molecule has 0 fully saturated rings. The second-order valence-corrected chi connectivity index (χ2v) is 6.00. The first-order valence-corrected chi connectivity index (χ1v) is 8.22. The van der Waals surface area contributed by atoms with E-state index in [1.165, 1.54) is 17.9 Å². The third-order valence-electron chi connectivity index (χ3n) is 2.83. The van der Waals surface area contributed by atoms with E-state index >= 15 is 0 Å². The summed E-state index contributed by atoms with van der Waals surface area (Å²) in [5.41, 5.74) is 2.32. The number of nitrogens with zero attached hydrogens (tertiary/aromatic N) is 2. The third-order valence-corrected chi connectivity index (χ3v) is 4.50. The summed E-state index contributed by atoms with van der Waals surface area (Å²) < 4.78 is 3.21. The lowest BCUT2D eigenvalue weighted by molar-refractivity contribution is 0.507. The molecule has 1 N–H and O–H groups in total. The van der Waals surface area contributed by atoms with Gasteiger partial charge in [-0.1, -0.05) is 0 Å². The van der Waals surface area contributed by atoms with Crippen molar-refractivity contribution in [2.45, 2.75) is 46.3 Å². The van der Waals surface area contributed by atoms with E-state index in [9.17, 15) is 0 Å². The Kier molecular flexibility index (Phi) is 6.59. The van der Waals surface area contributed by atoms with Crippen molar-refractivity contribution in [3.05, 3.63) is 15.9 Å². The number of halogens is 1. The Hall–Kier alpha value is -0.0000000000000000555. The van der Waals surface area contributed by atoms with Gasteiger partial charge in [0.15, 0.2) is 0 Å². The maximum absolute atomic E-state index is 4.49. The number of hydrogen-bond donors (Lipinski definition) is 1. The summed E-state index contributed by atoms with van der Waals surface area (Å²) in [4.78, 5) is 0. The Morgan fingerprint density at radius 1 is 1.53 bits per heavy atom. The highest BCUT2D eigenvalue weighted by Gasteiger charge is 2.12. The molecule has 0 aliphatic carbocycles. The summed E-state index contributed by atoms with van der Waals surface area (Å²) in [6.07, 6.45) is 3.36. The van der Waals surface area contributed by atoms with E-state index in [-0.39, 0.29) is 0 Å².